The summed E-state index contributed by atoms with van der Waals surface area (Å²) in [6, 6.07) is 53.1. The Balaban J connectivity index is 0.000000340. The molecule has 0 aliphatic carbocycles. The fraction of sp³-hybridized carbons (Fsp3) is 0.246. The van der Waals surface area contributed by atoms with Gasteiger partial charge in [-0.15, -0.1) is 48.0 Å². The van der Waals surface area contributed by atoms with Crippen molar-refractivity contribution in [2.24, 2.45) is 0 Å². The minimum absolute atomic E-state index is 0. The maximum Gasteiger partial charge on any atom is 0.256 e. The first-order valence-corrected chi connectivity index (χ1v) is 26.6. The van der Waals surface area contributed by atoms with Gasteiger partial charge in [0, 0.05) is 66.1 Å². The largest absolute Gasteiger partial charge is 0.500 e. The van der Waals surface area contributed by atoms with E-state index in [0.717, 1.165) is 78.3 Å². The van der Waals surface area contributed by atoms with E-state index in [0.29, 0.717) is 0 Å². The van der Waals surface area contributed by atoms with Gasteiger partial charge < -0.3 is 24.0 Å². The van der Waals surface area contributed by atoms with E-state index >= 15 is 0 Å². The normalized spacial score (nSPS) is 13.9. The molecule has 0 saturated heterocycles. The Morgan fingerprint density at radius 3 is 2.03 bits per heavy atom. The number of aryl methyl sites for hydroxylation is 2. The second kappa shape index (κ2) is 18.5. The van der Waals surface area contributed by atoms with E-state index < -0.39 is 0 Å². The van der Waals surface area contributed by atoms with Crippen LogP contribution in [0.15, 0.2) is 150 Å². The van der Waals surface area contributed by atoms with Gasteiger partial charge in [-0.1, -0.05) is 165 Å². The zero-order chi connectivity index (χ0) is 53.4. The van der Waals surface area contributed by atoms with E-state index in [1.165, 1.54) is 73.3 Å². The van der Waals surface area contributed by atoms with Gasteiger partial charge in [-0.2, -0.15) is 0 Å². The molecule has 10 aromatic rings. The predicted octanol–water partition coefficient (Wildman–Crippen LogP) is 16.4. The van der Waals surface area contributed by atoms with Gasteiger partial charge in [-0.25, -0.2) is 0 Å². The number of anilines is 3. The fourth-order valence-electron chi connectivity index (χ4n) is 11.5. The van der Waals surface area contributed by atoms with Crippen molar-refractivity contribution in [2.45, 2.75) is 112 Å². The van der Waals surface area contributed by atoms with Crippen LogP contribution >= 0.6 is 0 Å². The minimum atomic E-state index is -0.275. The summed E-state index contributed by atoms with van der Waals surface area (Å²) in [5.41, 5.74) is 23.2. The van der Waals surface area contributed by atoms with Crippen LogP contribution < -0.4 is 26.0 Å². The molecule has 0 atom stereocenters. The van der Waals surface area contributed by atoms with Gasteiger partial charge >= 0.3 is 0 Å². The molecule has 0 saturated carbocycles. The first-order chi connectivity index (χ1) is 36.1. The number of ether oxygens (including phenoxy) is 1. The van der Waals surface area contributed by atoms with Gasteiger partial charge in [0.05, 0.1) is 11.3 Å². The minimum Gasteiger partial charge on any atom is -0.500 e. The Bertz CT molecular complexity index is 3990. The molecule has 387 valence electrons. The maximum atomic E-state index is 12.7. The van der Waals surface area contributed by atoms with Gasteiger partial charge in [0.1, 0.15) is 17.1 Å². The van der Waals surface area contributed by atoms with Crippen LogP contribution in [0.25, 0.3) is 55.6 Å². The summed E-state index contributed by atoms with van der Waals surface area (Å²) in [6.45, 7) is 29.8. The van der Waals surface area contributed by atoms with Crippen LogP contribution in [0.5, 0.6) is 11.5 Å². The van der Waals surface area contributed by atoms with Crippen LogP contribution in [0.1, 0.15) is 115 Å². The van der Waals surface area contributed by atoms with Crippen molar-refractivity contribution in [3.63, 3.8) is 0 Å². The molecular formula is C69H63BFIrN3O2-2. The van der Waals surface area contributed by atoms with E-state index in [-0.39, 0.29) is 54.3 Å². The predicted molar refractivity (Wildman–Crippen MR) is 313 cm³/mol. The number of furan rings is 1. The SMILES string of the molecule is CC(C)(C)c1ccc2c(c1)B1c3cc(C(C)(C)C)cc4c3N(c3ccc(C(C)(C)C)cc3C4(C)C)c3cc(-c4cccc5c4oc4c(-c6ccccn6)[c-]ccc45)cc(c31)O2.Cc1cnc(-c2[c-]cc(F)cc2)cc1C.[Ir]. The van der Waals surface area contributed by atoms with E-state index in [1.807, 2.05) is 56.6 Å². The zero-order valence-electron chi connectivity index (χ0n) is 46.3. The number of nitrogens with zero attached hydrogens (tertiary/aromatic N) is 3. The Morgan fingerprint density at radius 1 is 0.610 bits per heavy atom. The maximum absolute atomic E-state index is 12.7. The molecule has 0 bridgehead atoms. The summed E-state index contributed by atoms with van der Waals surface area (Å²) < 4.78 is 26.8. The monoisotopic (exact) mass is 1190 g/mol. The summed E-state index contributed by atoms with van der Waals surface area (Å²) in [5.74, 6) is 1.53. The summed E-state index contributed by atoms with van der Waals surface area (Å²) in [5, 5.41) is 2.11. The van der Waals surface area contributed by atoms with Gasteiger partial charge in [0.15, 0.2) is 0 Å². The molecule has 3 aliphatic heterocycles. The van der Waals surface area contributed by atoms with Crippen molar-refractivity contribution in [2.75, 3.05) is 4.90 Å². The molecule has 8 heteroatoms. The third-order valence-electron chi connectivity index (χ3n) is 16.2. The Morgan fingerprint density at radius 2 is 1.32 bits per heavy atom. The number of benzene rings is 7. The Hall–Kier alpha value is -7.12. The molecule has 7 aromatic carbocycles. The van der Waals surface area contributed by atoms with Crippen LogP contribution in [0.2, 0.25) is 0 Å². The summed E-state index contributed by atoms with van der Waals surface area (Å²) >= 11 is 0. The first-order valence-electron chi connectivity index (χ1n) is 26.6. The number of aromatic nitrogens is 2. The molecule has 0 amide bonds. The zero-order valence-corrected chi connectivity index (χ0v) is 48.7. The quantitative estimate of drug-likeness (QED) is 0.130. The summed E-state index contributed by atoms with van der Waals surface area (Å²) in [7, 11) is 0. The number of rotatable bonds is 3. The third-order valence-corrected chi connectivity index (χ3v) is 16.2. The van der Waals surface area contributed by atoms with Crippen molar-refractivity contribution < 1.29 is 33.6 Å². The molecule has 0 spiro atoms. The molecular weight excluding hydrogens is 1120 g/mol. The molecule has 3 aromatic heterocycles. The fourth-order valence-corrected chi connectivity index (χ4v) is 11.5. The van der Waals surface area contributed by atoms with Crippen LogP contribution in [0.3, 0.4) is 0 Å². The smallest absolute Gasteiger partial charge is 0.256 e. The van der Waals surface area contributed by atoms with E-state index in [9.17, 15) is 4.39 Å². The molecule has 13 rings (SSSR count). The van der Waals surface area contributed by atoms with Crippen LogP contribution in [0, 0.1) is 31.8 Å². The van der Waals surface area contributed by atoms with Gasteiger partial charge in [-0.05, 0) is 127 Å². The first kappa shape index (κ1) is 52.0. The molecule has 1 radical (unpaired) electrons. The Kier molecular flexibility index (Phi) is 12.5. The van der Waals surface area contributed by atoms with Crippen molar-refractivity contribution in [3.8, 4) is 45.1 Å². The van der Waals surface area contributed by atoms with Crippen LogP contribution in [0.4, 0.5) is 21.5 Å². The van der Waals surface area contributed by atoms with E-state index in [4.69, 9.17) is 9.15 Å². The topological polar surface area (TPSA) is 51.4 Å². The molecule has 77 heavy (non-hydrogen) atoms. The number of halogens is 1. The van der Waals surface area contributed by atoms with Crippen molar-refractivity contribution in [1.82, 2.24) is 9.97 Å². The molecule has 0 fully saturated rings. The standard InChI is InChI=1S/C56H52BN2O2.C13H11FN.Ir/c1-53(2,3)33-21-23-45-40(28-33)56(10,11)41-29-35(55(7,8)9)31-43-50(41)59(45)46-26-32(27-48-49(46)57(43)42-30-34(54(4,5)6)22-24-47(42)60-48)36-16-14-17-37-38-18-15-19-39(52(38)61-51(36)37)44-20-12-13-25-58-44;1-9-7-13(15-8-10(9)2)11-3-5-12(14)6-4-11;/h12-18,20-31H,1-11H3;3,5-8H,1-2H3;/q2*-1;. The third kappa shape index (κ3) is 8.73. The van der Waals surface area contributed by atoms with Crippen molar-refractivity contribution in [1.29, 1.82) is 0 Å². The molecule has 3 aliphatic rings. The number of hydrogen-bond donors (Lipinski definition) is 0. The van der Waals surface area contributed by atoms with E-state index in [2.05, 4.69) is 188 Å². The van der Waals surface area contributed by atoms with Crippen LogP contribution in [-0.2, 0) is 41.8 Å². The van der Waals surface area contributed by atoms with E-state index in [1.54, 1.807) is 6.07 Å². The number of pyridine rings is 2. The summed E-state index contributed by atoms with van der Waals surface area (Å²) in [6.07, 6.45) is 3.64. The second-order valence-electron chi connectivity index (χ2n) is 24.8. The molecule has 0 N–H and O–H groups in total. The Labute approximate surface area is 467 Å². The van der Waals surface area contributed by atoms with Gasteiger partial charge in [-0.3, -0.25) is 4.39 Å². The molecule has 0 unspecified atom stereocenters. The molecule has 5 nitrogen and oxygen atoms in total. The number of hydrogen-bond acceptors (Lipinski definition) is 5. The molecule has 6 heterocycles. The number of fused-ring (bicyclic) bond motifs is 9. The second-order valence-corrected chi connectivity index (χ2v) is 24.8. The number of para-hydroxylation sites is 1. The van der Waals surface area contributed by atoms with Crippen molar-refractivity contribution in [3.05, 3.63) is 203 Å². The van der Waals surface area contributed by atoms with Gasteiger partial charge in [0.2, 0.25) is 0 Å². The van der Waals surface area contributed by atoms with Crippen molar-refractivity contribution >= 4 is 62.1 Å². The van der Waals surface area contributed by atoms with Crippen LogP contribution in [-0.4, -0.2) is 16.7 Å². The van der Waals surface area contributed by atoms with Gasteiger partial charge in [0.25, 0.3) is 6.71 Å². The average molecular weight is 1190 g/mol. The summed E-state index contributed by atoms with van der Waals surface area (Å²) in [4.78, 5) is 11.5. The average Bonchev–Trinajstić information content (AvgIpc) is 3.90.